The molecule has 1 atom stereocenters. The van der Waals surface area contributed by atoms with Gasteiger partial charge in [0.15, 0.2) is 0 Å². The van der Waals surface area contributed by atoms with Crippen molar-refractivity contribution in [1.82, 2.24) is 9.88 Å². The number of benzene rings is 1. The van der Waals surface area contributed by atoms with Crippen LogP contribution in [0.15, 0.2) is 36.5 Å². The third-order valence-corrected chi connectivity index (χ3v) is 3.34. The van der Waals surface area contributed by atoms with Crippen molar-refractivity contribution in [2.24, 2.45) is 0 Å². The minimum atomic E-state index is 0.296. The van der Waals surface area contributed by atoms with E-state index in [9.17, 15) is 0 Å². The van der Waals surface area contributed by atoms with Crippen LogP contribution in [0.1, 0.15) is 28.4 Å². The van der Waals surface area contributed by atoms with Crippen molar-refractivity contribution in [1.29, 1.82) is 0 Å². The maximum absolute atomic E-state index is 3.41. The van der Waals surface area contributed by atoms with Crippen LogP contribution in [-0.2, 0) is 0 Å². The number of rotatable bonds is 3. The number of nitrogens with zero attached hydrogens (tertiary/aromatic N) is 1. The summed E-state index contributed by atoms with van der Waals surface area (Å²) in [5.74, 6) is 0. The first-order chi connectivity index (χ1) is 8.11. The van der Waals surface area contributed by atoms with Crippen molar-refractivity contribution < 1.29 is 0 Å². The van der Waals surface area contributed by atoms with Crippen LogP contribution in [0.5, 0.6) is 0 Å². The normalized spacial score (nSPS) is 13.0. The zero-order chi connectivity index (χ0) is 12.4. The van der Waals surface area contributed by atoms with E-state index in [1.165, 1.54) is 22.4 Å². The number of hydrogen-bond acceptors (Lipinski definition) is 1. The highest BCUT2D eigenvalue weighted by molar-refractivity contribution is 5.36. The van der Waals surface area contributed by atoms with Gasteiger partial charge in [0.05, 0.1) is 6.04 Å². The van der Waals surface area contributed by atoms with Crippen LogP contribution in [0.2, 0.25) is 0 Å². The monoisotopic (exact) mass is 228 g/mol. The van der Waals surface area contributed by atoms with Gasteiger partial charge in [-0.2, -0.15) is 0 Å². The molecule has 0 aliphatic rings. The Hall–Kier alpha value is -1.54. The van der Waals surface area contributed by atoms with Gasteiger partial charge in [-0.25, -0.2) is 0 Å². The first-order valence-electron chi connectivity index (χ1n) is 5.97. The molecule has 1 aromatic carbocycles. The predicted octanol–water partition coefficient (Wildman–Crippen LogP) is 3.28. The molecule has 2 rings (SSSR count). The molecule has 1 heterocycles. The summed E-state index contributed by atoms with van der Waals surface area (Å²) in [6.45, 7) is 4.33. The van der Waals surface area contributed by atoms with E-state index in [0.29, 0.717) is 6.04 Å². The van der Waals surface area contributed by atoms with Gasteiger partial charge in [0, 0.05) is 11.9 Å². The third-order valence-electron chi connectivity index (χ3n) is 3.34. The van der Waals surface area contributed by atoms with Gasteiger partial charge in [-0.1, -0.05) is 30.3 Å². The Kier molecular flexibility index (Phi) is 3.34. The number of aromatic amines is 1. The Labute approximate surface area is 103 Å². The largest absolute Gasteiger partial charge is 0.363 e. The van der Waals surface area contributed by atoms with Gasteiger partial charge in [0.25, 0.3) is 0 Å². The van der Waals surface area contributed by atoms with Crippen LogP contribution in [0.4, 0.5) is 0 Å². The number of aryl methyl sites for hydroxylation is 1. The van der Waals surface area contributed by atoms with Crippen molar-refractivity contribution in [3.8, 4) is 0 Å². The fraction of sp³-hybridized carbons (Fsp3) is 0.333. The van der Waals surface area contributed by atoms with E-state index in [2.05, 4.69) is 74.4 Å². The lowest BCUT2D eigenvalue weighted by molar-refractivity contribution is 0.336. The average Bonchev–Trinajstić information content (AvgIpc) is 2.63. The minimum absolute atomic E-state index is 0.296. The second-order valence-corrected chi connectivity index (χ2v) is 4.79. The molecule has 0 saturated carbocycles. The Morgan fingerprint density at radius 3 is 2.18 bits per heavy atom. The maximum atomic E-state index is 3.41. The highest BCUT2D eigenvalue weighted by atomic mass is 15.1. The molecule has 0 aliphatic heterocycles. The molecule has 1 unspecified atom stereocenters. The minimum Gasteiger partial charge on any atom is -0.363 e. The summed E-state index contributed by atoms with van der Waals surface area (Å²) in [5, 5.41) is 0. The van der Waals surface area contributed by atoms with Crippen LogP contribution in [0.25, 0.3) is 0 Å². The number of hydrogen-bond donors (Lipinski definition) is 1. The molecule has 1 N–H and O–H groups in total. The Balaban J connectivity index is 2.47. The molecule has 1 aromatic heterocycles. The van der Waals surface area contributed by atoms with Crippen molar-refractivity contribution >= 4 is 0 Å². The molecule has 17 heavy (non-hydrogen) atoms. The third kappa shape index (κ3) is 2.27. The summed E-state index contributed by atoms with van der Waals surface area (Å²) in [5.41, 5.74) is 5.29. The van der Waals surface area contributed by atoms with Gasteiger partial charge in [-0.3, -0.25) is 4.90 Å². The van der Waals surface area contributed by atoms with E-state index < -0.39 is 0 Å². The molecule has 2 aromatic rings. The molecule has 2 heteroatoms. The quantitative estimate of drug-likeness (QED) is 0.854. The number of nitrogens with one attached hydrogen (secondary N) is 1. The Morgan fingerprint density at radius 2 is 1.71 bits per heavy atom. The van der Waals surface area contributed by atoms with Gasteiger partial charge < -0.3 is 4.98 Å². The van der Waals surface area contributed by atoms with Crippen molar-refractivity contribution in [3.63, 3.8) is 0 Å². The molecule has 0 bridgehead atoms. The van der Waals surface area contributed by atoms with Crippen LogP contribution in [-0.4, -0.2) is 24.0 Å². The zero-order valence-electron chi connectivity index (χ0n) is 11.0. The van der Waals surface area contributed by atoms with Gasteiger partial charge >= 0.3 is 0 Å². The predicted molar refractivity (Wildman–Crippen MR) is 72.2 cm³/mol. The lowest BCUT2D eigenvalue weighted by Gasteiger charge is -2.25. The topological polar surface area (TPSA) is 19.0 Å². The molecule has 0 saturated heterocycles. The van der Waals surface area contributed by atoms with Crippen molar-refractivity contribution in [2.45, 2.75) is 19.9 Å². The van der Waals surface area contributed by atoms with E-state index >= 15 is 0 Å². The van der Waals surface area contributed by atoms with Crippen LogP contribution in [0.3, 0.4) is 0 Å². The lowest BCUT2D eigenvalue weighted by Crippen LogP contribution is -2.22. The van der Waals surface area contributed by atoms with Crippen LogP contribution < -0.4 is 0 Å². The van der Waals surface area contributed by atoms with E-state index in [4.69, 9.17) is 0 Å². The molecule has 2 nitrogen and oxygen atoms in total. The zero-order valence-corrected chi connectivity index (χ0v) is 11.0. The highest BCUT2D eigenvalue weighted by Gasteiger charge is 2.20. The van der Waals surface area contributed by atoms with Gasteiger partial charge in [0.2, 0.25) is 0 Å². The molecule has 0 spiro atoms. The van der Waals surface area contributed by atoms with E-state index in [1.807, 2.05) is 0 Å². The molecule has 90 valence electrons. The summed E-state index contributed by atoms with van der Waals surface area (Å²) in [4.78, 5) is 5.66. The molecule has 0 amide bonds. The van der Waals surface area contributed by atoms with E-state index in [-0.39, 0.29) is 0 Å². The molecular weight excluding hydrogens is 208 g/mol. The van der Waals surface area contributed by atoms with Crippen LogP contribution >= 0.6 is 0 Å². The summed E-state index contributed by atoms with van der Waals surface area (Å²) >= 11 is 0. The Morgan fingerprint density at radius 1 is 1.06 bits per heavy atom. The van der Waals surface area contributed by atoms with Crippen molar-refractivity contribution in [2.75, 3.05) is 14.1 Å². The fourth-order valence-electron chi connectivity index (χ4n) is 2.26. The average molecular weight is 228 g/mol. The lowest BCUT2D eigenvalue weighted by atomic mass is 9.99. The van der Waals surface area contributed by atoms with Gasteiger partial charge in [-0.15, -0.1) is 0 Å². The van der Waals surface area contributed by atoms with E-state index in [0.717, 1.165) is 0 Å². The summed E-state index contributed by atoms with van der Waals surface area (Å²) < 4.78 is 0. The standard InChI is InChI=1S/C15H20N2/c1-11-10-16-14(12(11)2)15(17(3)4)13-8-6-5-7-9-13/h5-10,15-16H,1-4H3. The molecular formula is C15H20N2. The maximum Gasteiger partial charge on any atom is 0.0751 e. The van der Waals surface area contributed by atoms with E-state index in [1.54, 1.807) is 0 Å². The second kappa shape index (κ2) is 4.76. The first-order valence-corrected chi connectivity index (χ1v) is 5.97. The van der Waals surface area contributed by atoms with Crippen molar-refractivity contribution in [3.05, 3.63) is 58.9 Å². The van der Waals surface area contributed by atoms with Gasteiger partial charge in [-0.05, 0) is 44.6 Å². The Bertz CT molecular complexity index is 483. The molecule has 0 fully saturated rings. The first kappa shape index (κ1) is 11.9. The number of H-pyrrole nitrogens is 1. The second-order valence-electron chi connectivity index (χ2n) is 4.79. The highest BCUT2D eigenvalue weighted by Crippen LogP contribution is 2.29. The number of aromatic nitrogens is 1. The summed E-state index contributed by atoms with van der Waals surface area (Å²) in [6, 6.07) is 10.9. The molecule has 0 aliphatic carbocycles. The summed E-state index contributed by atoms with van der Waals surface area (Å²) in [7, 11) is 4.24. The smallest absolute Gasteiger partial charge is 0.0751 e. The molecule has 0 radical (unpaired) electrons. The SMILES string of the molecule is Cc1c[nH]c(C(c2ccccc2)N(C)C)c1C. The fourth-order valence-corrected chi connectivity index (χ4v) is 2.26. The van der Waals surface area contributed by atoms with Gasteiger partial charge in [0.1, 0.15) is 0 Å². The summed E-state index contributed by atoms with van der Waals surface area (Å²) in [6.07, 6.45) is 2.09. The van der Waals surface area contributed by atoms with Crippen LogP contribution in [0, 0.1) is 13.8 Å².